The van der Waals surface area contributed by atoms with Crippen LogP contribution in [0.1, 0.15) is 0 Å². The number of para-hydroxylation sites is 5. The summed E-state index contributed by atoms with van der Waals surface area (Å²) in [7, 11) is 0. The molecule has 0 aliphatic carbocycles. The van der Waals surface area contributed by atoms with Crippen molar-refractivity contribution in [2.24, 2.45) is 0 Å². The molecule has 0 saturated carbocycles. The number of imidazole rings is 2. The van der Waals surface area contributed by atoms with Crippen LogP contribution in [0.5, 0.6) is 0 Å². The summed E-state index contributed by atoms with van der Waals surface area (Å²) in [6, 6.07) is 57.0. The summed E-state index contributed by atoms with van der Waals surface area (Å²) in [5.41, 5.74) is 9.00. The van der Waals surface area contributed by atoms with Gasteiger partial charge in [-0.15, -0.1) is 0 Å². The van der Waals surface area contributed by atoms with Gasteiger partial charge in [-0.1, -0.05) is 115 Å². The van der Waals surface area contributed by atoms with Crippen LogP contribution in [0.4, 0.5) is 0 Å². The molecular formula is C43H26N4. The van der Waals surface area contributed by atoms with Crippen LogP contribution in [0.15, 0.2) is 158 Å². The Morgan fingerprint density at radius 2 is 0.851 bits per heavy atom. The summed E-state index contributed by atoms with van der Waals surface area (Å²) in [6.07, 6.45) is 0. The van der Waals surface area contributed by atoms with Gasteiger partial charge in [-0.25, -0.2) is 4.98 Å². The van der Waals surface area contributed by atoms with E-state index in [1.165, 1.54) is 59.6 Å². The first-order chi connectivity index (χ1) is 23.4. The fraction of sp³-hybridized carbons (Fsp3) is 0. The Hall–Kier alpha value is -6.39. The Balaban J connectivity index is 1.53. The van der Waals surface area contributed by atoms with Gasteiger partial charge >= 0.3 is 0 Å². The summed E-state index contributed by atoms with van der Waals surface area (Å²) in [6.45, 7) is 0. The van der Waals surface area contributed by atoms with Gasteiger partial charge < -0.3 is 4.40 Å². The number of hydrogen-bond acceptors (Lipinski definition) is 1. The minimum Gasteiger partial charge on any atom is -0.308 e. The molecule has 0 saturated heterocycles. The van der Waals surface area contributed by atoms with Crippen molar-refractivity contribution >= 4 is 87.5 Å². The highest BCUT2D eigenvalue weighted by molar-refractivity contribution is 6.30. The van der Waals surface area contributed by atoms with E-state index in [0.717, 1.165) is 33.5 Å². The number of rotatable bonds is 1. The smallest absolute Gasteiger partial charge is 0.220 e. The van der Waals surface area contributed by atoms with E-state index >= 15 is 0 Å². The van der Waals surface area contributed by atoms with E-state index in [4.69, 9.17) is 4.98 Å². The van der Waals surface area contributed by atoms with Gasteiger partial charge in [0, 0.05) is 27.2 Å². The molecule has 0 unspecified atom stereocenters. The lowest BCUT2D eigenvalue weighted by atomic mass is 10.00. The predicted octanol–water partition coefficient (Wildman–Crippen LogP) is 11.0. The largest absolute Gasteiger partial charge is 0.308 e. The van der Waals surface area contributed by atoms with Crippen LogP contribution >= 0.6 is 0 Å². The first-order valence-corrected chi connectivity index (χ1v) is 16.1. The molecule has 4 heterocycles. The number of benzene rings is 7. The fourth-order valence-corrected chi connectivity index (χ4v) is 8.10. The van der Waals surface area contributed by atoms with Crippen molar-refractivity contribution in [3.8, 4) is 5.69 Å². The van der Waals surface area contributed by atoms with Gasteiger partial charge in [0.1, 0.15) is 5.52 Å². The molecule has 4 nitrogen and oxygen atoms in total. The molecular weight excluding hydrogens is 573 g/mol. The van der Waals surface area contributed by atoms with Crippen LogP contribution in [-0.2, 0) is 0 Å². The zero-order valence-electron chi connectivity index (χ0n) is 25.3. The average molecular weight is 599 g/mol. The molecule has 0 radical (unpaired) electrons. The molecule has 0 fully saturated rings. The lowest BCUT2D eigenvalue weighted by molar-refractivity contribution is 1.11. The number of nitrogens with zero attached hydrogens (tertiary/aromatic N) is 4. The third-order valence-corrected chi connectivity index (χ3v) is 9.99. The molecule has 0 aliphatic rings. The molecule has 0 aliphatic heterocycles. The molecule has 7 aromatic carbocycles. The Labute approximate surface area is 268 Å². The molecule has 0 bridgehead atoms. The first kappa shape index (κ1) is 24.9. The Morgan fingerprint density at radius 3 is 1.53 bits per heavy atom. The van der Waals surface area contributed by atoms with E-state index in [1.54, 1.807) is 0 Å². The highest BCUT2D eigenvalue weighted by atomic mass is 15.2. The lowest BCUT2D eigenvalue weighted by Crippen LogP contribution is -1.94. The summed E-state index contributed by atoms with van der Waals surface area (Å²) < 4.78 is 7.14. The van der Waals surface area contributed by atoms with Crippen LogP contribution < -0.4 is 0 Å². The maximum Gasteiger partial charge on any atom is 0.220 e. The van der Waals surface area contributed by atoms with Crippen molar-refractivity contribution in [2.75, 3.05) is 0 Å². The third-order valence-electron chi connectivity index (χ3n) is 9.99. The molecule has 4 heteroatoms. The molecule has 218 valence electrons. The van der Waals surface area contributed by atoms with Crippen LogP contribution in [0.3, 0.4) is 0 Å². The Bertz CT molecular complexity index is 3120. The topological polar surface area (TPSA) is 26.6 Å². The van der Waals surface area contributed by atoms with Crippen molar-refractivity contribution in [2.45, 2.75) is 0 Å². The van der Waals surface area contributed by atoms with Gasteiger partial charge in [0.05, 0.1) is 33.1 Å². The van der Waals surface area contributed by atoms with Gasteiger partial charge in [-0.3, -0.25) is 8.97 Å². The van der Waals surface area contributed by atoms with Crippen LogP contribution in [0, 0.1) is 0 Å². The predicted molar refractivity (Wildman–Crippen MR) is 197 cm³/mol. The number of fused-ring (bicyclic) bond motifs is 16. The zero-order chi connectivity index (χ0) is 30.6. The minimum absolute atomic E-state index is 0.911. The van der Waals surface area contributed by atoms with Crippen molar-refractivity contribution in [1.82, 2.24) is 18.4 Å². The summed E-state index contributed by atoms with van der Waals surface area (Å²) in [5, 5.41) is 9.69. The quantitative estimate of drug-likeness (QED) is 0.185. The zero-order valence-corrected chi connectivity index (χ0v) is 25.3. The lowest BCUT2D eigenvalue weighted by Gasteiger charge is -2.06. The molecule has 11 rings (SSSR count). The molecule has 0 spiro atoms. The molecule has 47 heavy (non-hydrogen) atoms. The molecule has 4 aromatic heterocycles. The highest BCUT2D eigenvalue weighted by Crippen LogP contribution is 2.43. The van der Waals surface area contributed by atoms with Crippen molar-refractivity contribution < 1.29 is 0 Å². The number of hydrogen-bond donors (Lipinski definition) is 0. The molecule has 0 atom stereocenters. The van der Waals surface area contributed by atoms with E-state index in [2.05, 4.69) is 171 Å². The van der Waals surface area contributed by atoms with E-state index in [1.807, 2.05) is 0 Å². The van der Waals surface area contributed by atoms with Gasteiger partial charge in [0.15, 0.2) is 0 Å². The van der Waals surface area contributed by atoms with Crippen LogP contribution in [0.25, 0.3) is 93.2 Å². The van der Waals surface area contributed by atoms with Gasteiger partial charge in [0.25, 0.3) is 0 Å². The van der Waals surface area contributed by atoms with Gasteiger partial charge in [0.2, 0.25) is 5.78 Å². The molecule has 11 aromatic rings. The number of aromatic nitrogens is 4. The van der Waals surface area contributed by atoms with Crippen molar-refractivity contribution in [3.63, 3.8) is 0 Å². The van der Waals surface area contributed by atoms with E-state index in [0.29, 0.717) is 0 Å². The fourth-order valence-electron chi connectivity index (χ4n) is 8.10. The highest BCUT2D eigenvalue weighted by Gasteiger charge is 2.23. The Kier molecular flexibility index (Phi) is 4.81. The third kappa shape index (κ3) is 3.19. The average Bonchev–Trinajstić information content (AvgIpc) is 3.79. The van der Waals surface area contributed by atoms with Crippen LogP contribution in [0.2, 0.25) is 0 Å². The normalized spacial score (nSPS) is 12.3. The van der Waals surface area contributed by atoms with E-state index < -0.39 is 0 Å². The van der Waals surface area contributed by atoms with E-state index in [-0.39, 0.29) is 0 Å². The molecule has 0 amide bonds. The summed E-state index contributed by atoms with van der Waals surface area (Å²) in [5.74, 6) is 0.911. The summed E-state index contributed by atoms with van der Waals surface area (Å²) >= 11 is 0. The van der Waals surface area contributed by atoms with Gasteiger partial charge in [-0.2, -0.15) is 0 Å². The summed E-state index contributed by atoms with van der Waals surface area (Å²) in [4.78, 5) is 5.56. The van der Waals surface area contributed by atoms with E-state index in [9.17, 15) is 0 Å². The first-order valence-electron chi connectivity index (χ1n) is 16.1. The maximum absolute atomic E-state index is 5.56. The maximum atomic E-state index is 5.56. The second-order valence-electron chi connectivity index (χ2n) is 12.4. The van der Waals surface area contributed by atoms with Crippen molar-refractivity contribution in [1.29, 1.82) is 0 Å². The van der Waals surface area contributed by atoms with Gasteiger partial charge in [-0.05, 0) is 64.0 Å². The molecule has 0 N–H and O–H groups in total. The minimum atomic E-state index is 0.911. The second kappa shape index (κ2) is 9.09. The monoisotopic (exact) mass is 598 g/mol. The standard InChI is InChI=1S/C43H26N4/c1-2-14-27(15-3-1)45-37-24-12-13-25-38(37)47-39-26-34-31-19-7-5-17-29(31)28-16-4-6-18-30(28)32-20-8-10-22-35(32)46-36-23-11-9-21-33(36)40(42(34)46)41(39)44-43(45)47/h1-26H. The second-order valence-corrected chi connectivity index (χ2v) is 12.4. The van der Waals surface area contributed by atoms with Crippen molar-refractivity contribution in [3.05, 3.63) is 158 Å². The Morgan fingerprint density at radius 1 is 0.362 bits per heavy atom. The van der Waals surface area contributed by atoms with Crippen LogP contribution in [-0.4, -0.2) is 18.4 Å². The SMILES string of the molecule is c1ccc(-n2c3ccccc3n3c4cc5c6ccccc6c6ccccc6c6ccccc6n6c7ccccc7c(c4nc23)c56)cc1.